The number of guanidine groups is 1. The van der Waals surface area contributed by atoms with E-state index in [9.17, 15) is 0 Å². The lowest BCUT2D eigenvalue weighted by molar-refractivity contribution is 0.662. The lowest BCUT2D eigenvalue weighted by Gasteiger charge is -2.11. The minimum atomic E-state index is 0. The Balaban J connectivity index is 0.00000200. The molecular formula is C13H20IN5S. The third-order valence-electron chi connectivity index (χ3n) is 2.67. The van der Waals surface area contributed by atoms with Gasteiger partial charge in [-0.05, 0) is 19.1 Å². The number of aryl methyl sites for hydroxylation is 1. The molecule has 20 heavy (non-hydrogen) atoms. The van der Waals surface area contributed by atoms with Crippen LogP contribution in [-0.4, -0.2) is 29.1 Å². The number of nitrogens with one attached hydrogen (secondary N) is 2. The molecule has 0 spiro atoms. The Hall–Kier alpha value is -1.09. The van der Waals surface area contributed by atoms with E-state index in [1.165, 1.54) is 9.75 Å². The molecule has 0 amide bonds. The summed E-state index contributed by atoms with van der Waals surface area (Å²) in [6, 6.07) is 4.28. The summed E-state index contributed by atoms with van der Waals surface area (Å²) in [7, 11) is 1.78. The second-order valence-corrected chi connectivity index (χ2v) is 5.54. The highest BCUT2D eigenvalue weighted by atomic mass is 127. The zero-order chi connectivity index (χ0) is 13.5. The average Bonchev–Trinajstić information content (AvgIpc) is 3.05. The van der Waals surface area contributed by atoms with Crippen molar-refractivity contribution in [2.45, 2.75) is 20.0 Å². The Morgan fingerprint density at radius 2 is 2.25 bits per heavy atom. The molecule has 0 saturated carbocycles. The summed E-state index contributed by atoms with van der Waals surface area (Å²) in [5.74, 6) is 0.825. The molecule has 2 aromatic rings. The first-order chi connectivity index (χ1) is 9.28. The van der Waals surface area contributed by atoms with Crippen LogP contribution >= 0.6 is 35.3 Å². The number of nitrogens with zero attached hydrogens (tertiary/aromatic N) is 3. The molecule has 0 fully saturated rings. The van der Waals surface area contributed by atoms with Gasteiger partial charge < -0.3 is 15.2 Å². The number of hydrogen-bond donors (Lipinski definition) is 2. The summed E-state index contributed by atoms with van der Waals surface area (Å²) in [6.07, 6.45) is 5.55. The summed E-state index contributed by atoms with van der Waals surface area (Å²) in [5, 5.41) is 6.58. The third kappa shape index (κ3) is 5.49. The normalized spacial score (nSPS) is 11.0. The fourth-order valence-electron chi connectivity index (χ4n) is 1.69. The van der Waals surface area contributed by atoms with Crippen molar-refractivity contribution < 1.29 is 0 Å². The summed E-state index contributed by atoms with van der Waals surface area (Å²) in [4.78, 5) is 10.9. The van der Waals surface area contributed by atoms with Crippen LogP contribution in [0, 0.1) is 6.92 Å². The molecule has 0 aromatic carbocycles. The van der Waals surface area contributed by atoms with Crippen LogP contribution in [0.1, 0.15) is 9.75 Å². The van der Waals surface area contributed by atoms with Gasteiger partial charge in [-0.25, -0.2) is 4.98 Å². The van der Waals surface area contributed by atoms with Crippen LogP contribution in [-0.2, 0) is 13.1 Å². The van der Waals surface area contributed by atoms with Crippen molar-refractivity contribution in [3.63, 3.8) is 0 Å². The molecule has 0 aliphatic heterocycles. The molecule has 0 atom stereocenters. The number of halogens is 1. The van der Waals surface area contributed by atoms with Gasteiger partial charge in [0.25, 0.3) is 0 Å². The van der Waals surface area contributed by atoms with Crippen molar-refractivity contribution in [2.24, 2.45) is 4.99 Å². The van der Waals surface area contributed by atoms with Crippen LogP contribution < -0.4 is 10.6 Å². The monoisotopic (exact) mass is 405 g/mol. The minimum absolute atomic E-state index is 0. The second kappa shape index (κ2) is 8.96. The molecule has 7 heteroatoms. The van der Waals surface area contributed by atoms with E-state index in [2.05, 4.69) is 39.7 Å². The smallest absolute Gasteiger partial charge is 0.191 e. The molecule has 0 unspecified atom stereocenters. The van der Waals surface area contributed by atoms with Gasteiger partial charge in [-0.15, -0.1) is 35.3 Å². The number of imidazole rings is 1. The van der Waals surface area contributed by atoms with Gasteiger partial charge in [0.2, 0.25) is 0 Å². The van der Waals surface area contributed by atoms with Gasteiger partial charge in [0, 0.05) is 42.3 Å². The predicted molar refractivity (Wildman–Crippen MR) is 94.9 cm³/mol. The van der Waals surface area contributed by atoms with Crippen molar-refractivity contribution in [1.29, 1.82) is 0 Å². The standard InChI is InChI=1S/C13H19N5S.HI/c1-11-3-4-12(19-11)9-17-13(14-2)16-6-8-18-7-5-15-10-18;/h3-5,7,10H,6,8-9H2,1-2H3,(H2,14,16,17);1H. The average molecular weight is 405 g/mol. The van der Waals surface area contributed by atoms with Gasteiger partial charge in [0.05, 0.1) is 12.9 Å². The first-order valence-electron chi connectivity index (χ1n) is 6.23. The molecule has 5 nitrogen and oxygen atoms in total. The summed E-state index contributed by atoms with van der Waals surface area (Å²) in [5.41, 5.74) is 0. The number of thiophene rings is 1. The molecule has 0 aliphatic rings. The van der Waals surface area contributed by atoms with Crippen molar-refractivity contribution in [3.05, 3.63) is 40.6 Å². The van der Waals surface area contributed by atoms with E-state index in [0.29, 0.717) is 0 Å². The largest absolute Gasteiger partial charge is 0.355 e. The summed E-state index contributed by atoms with van der Waals surface area (Å²) in [6.45, 7) is 4.62. The SMILES string of the molecule is CN=C(NCCn1ccnc1)NCc1ccc(C)s1.I. The van der Waals surface area contributed by atoms with Crippen LogP contribution in [0.15, 0.2) is 35.8 Å². The third-order valence-corrected chi connectivity index (χ3v) is 3.67. The number of aliphatic imine (C=N–C) groups is 1. The van der Waals surface area contributed by atoms with Crippen LogP contribution in [0.3, 0.4) is 0 Å². The van der Waals surface area contributed by atoms with Crippen molar-refractivity contribution in [3.8, 4) is 0 Å². The second-order valence-electron chi connectivity index (χ2n) is 4.17. The number of rotatable bonds is 5. The van der Waals surface area contributed by atoms with Crippen molar-refractivity contribution >= 4 is 41.3 Å². The van der Waals surface area contributed by atoms with Crippen LogP contribution in [0.4, 0.5) is 0 Å². The Morgan fingerprint density at radius 1 is 1.40 bits per heavy atom. The van der Waals surface area contributed by atoms with E-state index in [-0.39, 0.29) is 24.0 Å². The van der Waals surface area contributed by atoms with Crippen LogP contribution in [0.5, 0.6) is 0 Å². The lowest BCUT2D eigenvalue weighted by Crippen LogP contribution is -2.38. The van der Waals surface area contributed by atoms with E-state index >= 15 is 0 Å². The fourth-order valence-corrected chi connectivity index (χ4v) is 2.52. The molecular weight excluding hydrogens is 385 g/mol. The van der Waals surface area contributed by atoms with Crippen molar-refractivity contribution in [1.82, 2.24) is 20.2 Å². The topological polar surface area (TPSA) is 54.2 Å². The van der Waals surface area contributed by atoms with Crippen molar-refractivity contribution in [2.75, 3.05) is 13.6 Å². The van der Waals surface area contributed by atoms with Gasteiger partial charge in [-0.2, -0.15) is 0 Å². The quantitative estimate of drug-likeness (QED) is 0.456. The van der Waals surface area contributed by atoms with Crippen LogP contribution in [0.2, 0.25) is 0 Å². The highest BCUT2D eigenvalue weighted by Crippen LogP contribution is 2.14. The number of aromatic nitrogens is 2. The summed E-state index contributed by atoms with van der Waals surface area (Å²) < 4.78 is 2.03. The summed E-state index contributed by atoms with van der Waals surface area (Å²) >= 11 is 1.80. The molecule has 2 heterocycles. The van der Waals surface area contributed by atoms with Gasteiger partial charge in [-0.3, -0.25) is 4.99 Å². The molecule has 2 rings (SSSR count). The molecule has 0 aliphatic carbocycles. The molecule has 110 valence electrons. The maximum absolute atomic E-state index is 4.20. The lowest BCUT2D eigenvalue weighted by atomic mass is 10.4. The highest BCUT2D eigenvalue weighted by molar-refractivity contribution is 14.0. The fraction of sp³-hybridized carbons (Fsp3) is 0.385. The Bertz CT molecular complexity index is 521. The predicted octanol–water partition coefficient (Wildman–Crippen LogP) is 2.24. The van der Waals surface area contributed by atoms with Gasteiger partial charge in [-0.1, -0.05) is 0 Å². The van der Waals surface area contributed by atoms with E-state index in [1.54, 1.807) is 24.6 Å². The Kier molecular flexibility index (Phi) is 7.60. The van der Waals surface area contributed by atoms with E-state index in [0.717, 1.165) is 25.6 Å². The highest BCUT2D eigenvalue weighted by Gasteiger charge is 2.00. The number of hydrogen-bond acceptors (Lipinski definition) is 3. The van der Waals surface area contributed by atoms with Gasteiger partial charge in [0.1, 0.15) is 0 Å². The van der Waals surface area contributed by atoms with E-state index in [1.807, 2.05) is 17.1 Å². The first kappa shape index (κ1) is 17.0. The Morgan fingerprint density at radius 3 is 2.85 bits per heavy atom. The molecule has 2 N–H and O–H groups in total. The zero-order valence-corrected chi connectivity index (χ0v) is 14.8. The molecule has 0 bridgehead atoms. The Labute approximate surface area is 140 Å². The van der Waals surface area contributed by atoms with Crippen LogP contribution in [0.25, 0.3) is 0 Å². The van der Waals surface area contributed by atoms with E-state index < -0.39 is 0 Å². The maximum atomic E-state index is 4.20. The minimum Gasteiger partial charge on any atom is -0.355 e. The molecule has 0 radical (unpaired) electrons. The first-order valence-corrected chi connectivity index (χ1v) is 7.05. The van der Waals surface area contributed by atoms with E-state index in [4.69, 9.17) is 0 Å². The molecule has 0 saturated heterocycles. The van der Waals surface area contributed by atoms with Gasteiger partial charge >= 0.3 is 0 Å². The molecule has 2 aromatic heterocycles. The zero-order valence-electron chi connectivity index (χ0n) is 11.7. The van der Waals surface area contributed by atoms with Gasteiger partial charge in [0.15, 0.2) is 5.96 Å². The maximum Gasteiger partial charge on any atom is 0.191 e.